The van der Waals surface area contributed by atoms with Crippen molar-refractivity contribution in [3.05, 3.63) is 47.5 Å². The molecule has 2 aromatic carbocycles. The highest BCUT2D eigenvalue weighted by Gasteiger charge is 2.40. The van der Waals surface area contributed by atoms with Crippen LogP contribution >= 0.6 is 0 Å². The second-order valence-corrected chi connectivity index (χ2v) is 6.57. The monoisotopic (exact) mass is 352 g/mol. The molecule has 2 aliphatic rings. The number of hydrogen-bond acceptors (Lipinski definition) is 5. The molecule has 0 aliphatic carbocycles. The van der Waals surface area contributed by atoms with Gasteiger partial charge in [0.2, 0.25) is 5.91 Å². The lowest BCUT2D eigenvalue weighted by Crippen LogP contribution is -2.35. The lowest BCUT2D eigenvalue weighted by molar-refractivity contribution is -0.121. The summed E-state index contributed by atoms with van der Waals surface area (Å²) >= 11 is 0. The Morgan fingerprint density at radius 2 is 1.69 bits per heavy atom. The van der Waals surface area contributed by atoms with Crippen LogP contribution in [0.5, 0.6) is 11.5 Å². The Morgan fingerprint density at radius 3 is 2.42 bits per heavy atom. The number of para-hydroxylation sites is 1. The predicted molar refractivity (Wildman–Crippen MR) is 97.9 cm³/mol. The number of aryl methyl sites for hydroxylation is 2. The van der Waals surface area contributed by atoms with Crippen LogP contribution in [0.15, 0.2) is 36.4 Å². The lowest BCUT2D eigenvalue weighted by atomic mass is 10.1. The molecule has 6 nitrogen and oxygen atoms in total. The number of fused-ring (bicyclic) bond motifs is 1. The van der Waals surface area contributed by atoms with Gasteiger partial charge in [-0.25, -0.2) is 4.90 Å². The van der Waals surface area contributed by atoms with Gasteiger partial charge in [-0.1, -0.05) is 18.2 Å². The fraction of sp³-hybridized carbons (Fsp3) is 0.300. The van der Waals surface area contributed by atoms with E-state index in [1.165, 1.54) is 4.90 Å². The van der Waals surface area contributed by atoms with Crippen molar-refractivity contribution in [2.24, 2.45) is 0 Å². The van der Waals surface area contributed by atoms with Crippen molar-refractivity contribution in [3.63, 3.8) is 0 Å². The fourth-order valence-corrected chi connectivity index (χ4v) is 3.47. The maximum Gasteiger partial charge on any atom is 0.256 e. The molecule has 26 heavy (non-hydrogen) atoms. The van der Waals surface area contributed by atoms with E-state index in [1.807, 2.05) is 38.1 Å². The highest BCUT2D eigenvalue weighted by atomic mass is 16.6. The molecule has 0 saturated carbocycles. The Hall–Kier alpha value is -3.02. The van der Waals surface area contributed by atoms with Crippen LogP contribution in [0.4, 0.5) is 11.4 Å². The Bertz CT molecular complexity index is 873. The van der Waals surface area contributed by atoms with Crippen LogP contribution in [-0.2, 0) is 9.59 Å². The highest BCUT2D eigenvalue weighted by molar-refractivity contribution is 6.23. The predicted octanol–water partition coefficient (Wildman–Crippen LogP) is 2.82. The molecule has 2 aliphatic heterocycles. The molecule has 134 valence electrons. The molecule has 1 fully saturated rings. The van der Waals surface area contributed by atoms with Crippen LogP contribution in [0.2, 0.25) is 0 Å². The number of benzene rings is 2. The summed E-state index contributed by atoms with van der Waals surface area (Å²) in [5.41, 5.74) is 3.23. The minimum absolute atomic E-state index is 0.126. The summed E-state index contributed by atoms with van der Waals surface area (Å²) in [6, 6.07) is 10.6. The SMILES string of the molecule is Cc1cccc(C)c1N1C(=O)CC(Nc2ccc3c(c2)OCCO3)C1=O. The van der Waals surface area contributed by atoms with Gasteiger partial charge in [0.15, 0.2) is 11.5 Å². The Labute approximate surface area is 151 Å². The van der Waals surface area contributed by atoms with E-state index in [1.54, 1.807) is 12.1 Å². The van der Waals surface area contributed by atoms with Crippen LogP contribution in [-0.4, -0.2) is 31.1 Å². The van der Waals surface area contributed by atoms with Gasteiger partial charge in [-0.2, -0.15) is 0 Å². The van der Waals surface area contributed by atoms with Gasteiger partial charge >= 0.3 is 0 Å². The standard InChI is InChI=1S/C20H20N2O4/c1-12-4-3-5-13(2)19(12)22-18(23)11-15(20(22)24)21-14-6-7-16-17(10-14)26-9-8-25-16/h3-7,10,15,21H,8-9,11H2,1-2H3. The van der Waals surface area contributed by atoms with Crippen molar-refractivity contribution < 1.29 is 19.1 Å². The molecule has 0 radical (unpaired) electrons. The topological polar surface area (TPSA) is 67.9 Å². The minimum atomic E-state index is -0.593. The summed E-state index contributed by atoms with van der Waals surface area (Å²) in [4.78, 5) is 26.7. The van der Waals surface area contributed by atoms with E-state index < -0.39 is 6.04 Å². The average Bonchev–Trinajstić information content (AvgIpc) is 2.89. The number of imide groups is 1. The summed E-state index contributed by atoms with van der Waals surface area (Å²) in [5.74, 6) is 0.905. The van der Waals surface area contributed by atoms with E-state index in [9.17, 15) is 9.59 Å². The smallest absolute Gasteiger partial charge is 0.256 e. The minimum Gasteiger partial charge on any atom is -0.486 e. The number of carbonyl (C=O) groups is 2. The highest BCUT2D eigenvalue weighted by Crippen LogP contribution is 2.34. The summed E-state index contributed by atoms with van der Waals surface area (Å²) in [5, 5.41) is 3.16. The van der Waals surface area contributed by atoms with Crippen molar-refractivity contribution in [2.45, 2.75) is 26.3 Å². The van der Waals surface area contributed by atoms with Crippen molar-refractivity contribution in [3.8, 4) is 11.5 Å². The van der Waals surface area contributed by atoms with Gasteiger partial charge in [-0.15, -0.1) is 0 Å². The van der Waals surface area contributed by atoms with E-state index in [0.717, 1.165) is 16.8 Å². The van der Waals surface area contributed by atoms with Crippen LogP contribution in [0.3, 0.4) is 0 Å². The summed E-state index contributed by atoms with van der Waals surface area (Å²) in [6.45, 7) is 4.84. The molecule has 0 aromatic heterocycles. The van der Waals surface area contributed by atoms with Gasteiger partial charge in [-0.3, -0.25) is 9.59 Å². The van der Waals surface area contributed by atoms with Gasteiger partial charge in [0.1, 0.15) is 19.3 Å². The van der Waals surface area contributed by atoms with Gasteiger partial charge in [0.25, 0.3) is 5.91 Å². The van der Waals surface area contributed by atoms with Crippen molar-refractivity contribution >= 4 is 23.2 Å². The van der Waals surface area contributed by atoms with Crippen LogP contribution in [0, 0.1) is 13.8 Å². The first kappa shape index (κ1) is 16.4. The molecular formula is C20H20N2O4. The molecule has 4 rings (SSSR count). The quantitative estimate of drug-likeness (QED) is 0.861. The lowest BCUT2D eigenvalue weighted by Gasteiger charge is -2.21. The third kappa shape index (κ3) is 2.77. The van der Waals surface area contributed by atoms with Gasteiger partial charge in [0.05, 0.1) is 12.1 Å². The number of nitrogens with zero attached hydrogens (tertiary/aromatic N) is 1. The van der Waals surface area contributed by atoms with Crippen LogP contribution in [0.25, 0.3) is 0 Å². The van der Waals surface area contributed by atoms with E-state index in [-0.39, 0.29) is 18.2 Å². The molecular weight excluding hydrogens is 332 g/mol. The first-order chi connectivity index (χ1) is 12.5. The first-order valence-electron chi connectivity index (χ1n) is 8.64. The number of carbonyl (C=O) groups excluding carboxylic acids is 2. The zero-order valence-electron chi connectivity index (χ0n) is 14.7. The normalized spacial score (nSPS) is 19.0. The Balaban J connectivity index is 1.58. The summed E-state index contributed by atoms with van der Waals surface area (Å²) < 4.78 is 11.1. The zero-order valence-corrected chi connectivity index (χ0v) is 14.7. The van der Waals surface area contributed by atoms with E-state index in [4.69, 9.17) is 9.47 Å². The molecule has 1 unspecified atom stereocenters. The van der Waals surface area contributed by atoms with Crippen LogP contribution < -0.4 is 19.7 Å². The number of nitrogens with one attached hydrogen (secondary N) is 1. The summed E-state index contributed by atoms with van der Waals surface area (Å²) in [6.07, 6.45) is 0.126. The molecule has 2 heterocycles. The third-order valence-corrected chi connectivity index (χ3v) is 4.69. The second kappa shape index (κ2) is 6.37. The zero-order chi connectivity index (χ0) is 18.3. The molecule has 0 bridgehead atoms. The van der Waals surface area contributed by atoms with Crippen molar-refractivity contribution in [1.29, 1.82) is 0 Å². The van der Waals surface area contributed by atoms with Crippen LogP contribution in [0.1, 0.15) is 17.5 Å². The molecule has 1 atom stereocenters. The van der Waals surface area contributed by atoms with Gasteiger partial charge in [0, 0.05) is 11.8 Å². The number of rotatable bonds is 3. The second-order valence-electron chi connectivity index (χ2n) is 6.57. The molecule has 1 saturated heterocycles. The van der Waals surface area contributed by atoms with Crippen molar-refractivity contribution in [2.75, 3.05) is 23.4 Å². The number of ether oxygens (including phenoxy) is 2. The van der Waals surface area contributed by atoms with E-state index in [0.29, 0.717) is 30.4 Å². The fourth-order valence-electron chi connectivity index (χ4n) is 3.47. The Morgan fingerprint density at radius 1 is 1.00 bits per heavy atom. The summed E-state index contributed by atoms with van der Waals surface area (Å²) in [7, 11) is 0. The maximum absolute atomic E-state index is 12.9. The maximum atomic E-state index is 12.9. The van der Waals surface area contributed by atoms with Gasteiger partial charge in [-0.05, 0) is 37.1 Å². The largest absolute Gasteiger partial charge is 0.486 e. The van der Waals surface area contributed by atoms with Gasteiger partial charge < -0.3 is 14.8 Å². The molecule has 6 heteroatoms. The first-order valence-corrected chi connectivity index (χ1v) is 8.64. The van der Waals surface area contributed by atoms with E-state index in [2.05, 4.69) is 5.32 Å². The molecule has 2 amide bonds. The molecule has 2 aromatic rings. The molecule has 0 spiro atoms. The average molecular weight is 352 g/mol. The number of anilines is 2. The number of amides is 2. The van der Waals surface area contributed by atoms with E-state index >= 15 is 0 Å². The third-order valence-electron chi connectivity index (χ3n) is 4.69. The molecule has 1 N–H and O–H groups in total. The Kier molecular flexibility index (Phi) is 4.03. The number of hydrogen-bond donors (Lipinski definition) is 1. The van der Waals surface area contributed by atoms with Crippen molar-refractivity contribution in [1.82, 2.24) is 0 Å².